The molecule has 0 spiro atoms. The highest BCUT2D eigenvalue weighted by Crippen LogP contribution is 2.45. The molecule has 1 unspecified atom stereocenters. The van der Waals surface area contributed by atoms with E-state index in [1.54, 1.807) is 11.3 Å². The van der Waals surface area contributed by atoms with Crippen LogP contribution in [0.2, 0.25) is 0 Å². The van der Waals surface area contributed by atoms with Gasteiger partial charge in [-0.3, -0.25) is 0 Å². The molecule has 4 nitrogen and oxygen atoms in total. The van der Waals surface area contributed by atoms with E-state index in [1.165, 1.54) is 15.0 Å². The number of nitrogens with one attached hydrogen (secondary N) is 1. The van der Waals surface area contributed by atoms with Crippen molar-refractivity contribution in [1.82, 2.24) is 5.32 Å². The van der Waals surface area contributed by atoms with Crippen molar-refractivity contribution in [2.45, 2.75) is 19.9 Å². The molecule has 0 saturated heterocycles. The molecule has 5 heteroatoms. The number of ether oxygens (including phenoxy) is 1. The second-order valence-electron chi connectivity index (χ2n) is 7.06. The standard InChI is InChI=1S/C20H19NO3S/c1-20(2)11-24-15-9-13(7-8-14(15)18(20)21-19(22)23)17-10-12-5-3-4-6-16(12)25-17/h3-10,18,21H,11H2,1-2H3,(H,22,23). The molecule has 0 bridgehead atoms. The molecule has 2 aromatic carbocycles. The fraction of sp³-hybridized carbons (Fsp3) is 0.250. The average molecular weight is 353 g/mol. The Balaban J connectivity index is 1.76. The molecule has 0 fully saturated rings. The van der Waals surface area contributed by atoms with E-state index in [4.69, 9.17) is 4.74 Å². The Labute approximate surface area is 150 Å². The molecule has 1 aromatic heterocycles. The van der Waals surface area contributed by atoms with Crippen molar-refractivity contribution in [3.8, 4) is 16.2 Å². The van der Waals surface area contributed by atoms with E-state index in [-0.39, 0.29) is 11.5 Å². The number of carboxylic acid groups (broad SMARTS) is 1. The topological polar surface area (TPSA) is 58.6 Å². The van der Waals surface area contributed by atoms with Crippen molar-refractivity contribution < 1.29 is 14.6 Å². The predicted octanol–water partition coefficient (Wildman–Crippen LogP) is 5.30. The molecule has 3 aromatic rings. The summed E-state index contributed by atoms with van der Waals surface area (Å²) in [5.74, 6) is 0.757. The van der Waals surface area contributed by atoms with Crippen LogP contribution in [0.15, 0.2) is 48.5 Å². The van der Waals surface area contributed by atoms with Gasteiger partial charge in [0.2, 0.25) is 0 Å². The lowest BCUT2D eigenvalue weighted by Gasteiger charge is -2.39. The summed E-state index contributed by atoms with van der Waals surface area (Å²) in [5, 5.41) is 13.1. The lowest BCUT2D eigenvalue weighted by molar-refractivity contribution is 0.0996. The zero-order valence-corrected chi connectivity index (χ0v) is 14.9. The Morgan fingerprint density at radius 1 is 1.24 bits per heavy atom. The smallest absolute Gasteiger partial charge is 0.405 e. The van der Waals surface area contributed by atoms with Gasteiger partial charge in [-0.1, -0.05) is 44.2 Å². The SMILES string of the molecule is CC1(C)COc2cc(-c3cc4ccccc4s3)ccc2C1NC(=O)O. The fourth-order valence-corrected chi connectivity index (χ4v) is 4.40. The molecule has 0 radical (unpaired) electrons. The summed E-state index contributed by atoms with van der Waals surface area (Å²) < 4.78 is 7.21. The fourth-order valence-electron chi connectivity index (χ4n) is 3.34. The van der Waals surface area contributed by atoms with Crippen molar-refractivity contribution in [3.63, 3.8) is 0 Å². The first kappa shape index (κ1) is 16.0. The summed E-state index contributed by atoms with van der Waals surface area (Å²) >= 11 is 1.75. The van der Waals surface area contributed by atoms with Crippen molar-refractivity contribution in [2.24, 2.45) is 5.41 Å². The molecule has 0 saturated carbocycles. The third kappa shape index (κ3) is 2.85. The van der Waals surface area contributed by atoms with Gasteiger partial charge in [-0.15, -0.1) is 11.3 Å². The molecular weight excluding hydrogens is 334 g/mol. The zero-order chi connectivity index (χ0) is 17.6. The van der Waals surface area contributed by atoms with E-state index in [2.05, 4.69) is 23.5 Å². The van der Waals surface area contributed by atoms with Crippen LogP contribution in [0, 0.1) is 5.41 Å². The highest BCUT2D eigenvalue weighted by Gasteiger charge is 2.38. The molecule has 1 aliphatic heterocycles. The first-order chi connectivity index (χ1) is 11.9. The number of amides is 1. The van der Waals surface area contributed by atoms with E-state index in [1.807, 2.05) is 44.2 Å². The maximum atomic E-state index is 11.2. The molecule has 1 amide bonds. The van der Waals surface area contributed by atoms with Gasteiger partial charge < -0.3 is 15.2 Å². The van der Waals surface area contributed by atoms with Gasteiger partial charge in [0.25, 0.3) is 0 Å². The Hall–Kier alpha value is -2.53. The van der Waals surface area contributed by atoms with E-state index in [0.717, 1.165) is 16.9 Å². The number of thiophene rings is 1. The van der Waals surface area contributed by atoms with E-state index in [0.29, 0.717) is 6.61 Å². The van der Waals surface area contributed by atoms with Gasteiger partial charge in [0.1, 0.15) is 5.75 Å². The van der Waals surface area contributed by atoms with Gasteiger partial charge in [0.05, 0.1) is 12.6 Å². The van der Waals surface area contributed by atoms with E-state index in [9.17, 15) is 9.90 Å². The molecule has 25 heavy (non-hydrogen) atoms. The zero-order valence-electron chi connectivity index (χ0n) is 14.1. The van der Waals surface area contributed by atoms with Crippen LogP contribution >= 0.6 is 11.3 Å². The predicted molar refractivity (Wildman–Crippen MR) is 100 cm³/mol. The number of fused-ring (bicyclic) bond motifs is 2. The van der Waals surface area contributed by atoms with Crippen molar-refractivity contribution in [1.29, 1.82) is 0 Å². The van der Waals surface area contributed by atoms with Crippen molar-refractivity contribution in [2.75, 3.05) is 6.61 Å². The van der Waals surface area contributed by atoms with Crippen LogP contribution in [0.25, 0.3) is 20.5 Å². The number of rotatable bonds is 2. The summed E-state index contributed by atoms with van der Waals surface area (Å²) in [4.78, 5) is 12.4. The second-order valence-corrected chi connectivity index (χ2v) is 8.14. The summed E-state index contributed by atoms with van der Waals surface area (Å²) in [5.41, 5.74) is 1.68. The van der Waals surface area contributed by atoms with Crippen LogP contribution in [-0.2, 0) is 0 Å². The van der Waals surface area contributed by atoms with Gasteiger partial charge in [-0.2, -0.15) is 0 Å². The largest absolute Gasteiger partial charge is 0.493 e. The first-order valence-electron chi connectivity index (χ1n) is 8.19. The van der Waals surface area contributed by atoms with Gasteiger partial charge in [0.15, 0.2) is 0 Å². The van der Waals surface area contributed by atoms with E-state index >= 15 is 0 Å². The van der Waals surface area contributed by atoms with Gasteiger partial charge in [0, 0.05) is 20.6 Å². The number of hydrogen-bond donors (Lipinski definition) is 2. The van der Waals surface area contributed by atoms with Crippen molar-refractivity contribution in [3.05, 3.63) is 54.1 Å². The average Bonchev–Trinajstić information content (AvgIpc) is 3.01. The van der Waals surface area contributed by atoms with Crippen LogP contribution in [0.4, 0.5) is 4.79 Å². The van der Waals surface area contributed by atoms with Gasteiger partial charge in [-0.25, -0.2) is 4.79 Å². The highest BCUT2D eigenvalue weighted by atomic mass is 32.1. The lowest BCUT2D eigenvalue weighted by Crippen LogP contribution is -2.43. The van der Waals surface area contributed by atoms with Crippen LogP contribution in [0.5, 0.6) is 5.75 Å². The summed E-state index contributed by atoms with van der Waals surface area (Å²) in [7, 11) is 0. The Morgan fingerprint density at radius 3 is 2.80 bits per heavy atom. The van der Waals surface area contributed by atoms with Crippen molar-refractivity contribution >= 4 is 27.5 Å². The minimum atomic E-state index is -1.01. The number of carbonyl (C=O) groups is 1. The van der Waals surface area contributed by atoms with Crippen LogP contribution in [-0.4, -0.2) is 17.8 Å². The van der Waals surface area contributed by atoms with Gasteiger partial charge >= 0.3 is 6.09 Å². The second kappa shape index (κ2) is 5.77. The van der Waals surface area contributed by atoms with Crippen LogP contribution in [0.3, 0.4) is 0 Å². The summed E-state index contributed by atoms with van der Waals surface area (Å²) in [6.45, 7) is 4.49. The minimum absolute atomic E-state index is 0.287. The Bertz CT molecular complexity index is 927. The first-order valence-corrected chi connectivity index (χ1v) is 9.01. The Kier molecular flexibility index (Phi) is 3.69. The molecule has 128 valence electrons. The van der Waals surface area contributed by atoms with Crippen LogP contribution in [0.1, 0.15) is 25.5 Å². The lowest BCUT2D eigenvalue weighted by atomic mass is 9.79. The quantitative estimate of drug-likeness (QED) is 0.657. The minimum Gasteiger partial charge on any atom is -0.493 e. The summed E-state index contributed by atoms with van der Waals surface area (Å²) in [6.07, 6.45) is -1.01. The molecule has 0 aliphatic carbocycles. The normalized spacial score (nSPS) is 18.4. The third-order valence-corrected chi connectivity index (χ3v) is 5.85. The third-order valence-electron chi connectivity index (χ3n) is 4.68. The van der Waals surface area contributed by atoms with E-state index < -0.39 is 6.09 Å². The number of hydrogen-bond acceptors (Lipinski definition) is 3. The molecular formula is C20H19NO3S. The maximum Gasteiger partial charge on any atom is 0.405 e. The monoisotopic (exact) mass is 353 g/mol. The molecule has 2 N–H and O–H groups in total. The van der Waals surface area contributed by atoms with Crippen LogP contribution < -0.4 is 10.1 Å². The Morgan fingerprint density at radius 2 is 2.04 bits per heavy atom. The molecule has 2 heterocycles. The number of benzene rings is 2. The highest BCUT2D eigenvalue weighted by molar-refractivity contribution is 7.22. The summed E-state index contributed by atoms with van der Waals surface area (Å²) in [6, 6.07) is 16.3. The maximum absolute atomic E-state index is 11.2. The molecule has 1 atom stereocenters. The molecule has 4 rings (SSSR count). The van der Waals surface area contributed by atoms with Gasteiger partial charge in [-0.05, 0) is 29.1 Å². The molecule has 1 aliphatic rings.